The zero-order valence-electron chi connectivity index (χ0n) is 26.0. The standard InChI is InChI=1S/C43H29N3S/c1-43(2)34-17-9-6-16-33(34)39-37(43)38(26-12-4-3-5-13-26)44-42(45-39)27-20-22-28(23-21-27)46-35-18-10-7-14-29(35)31-24-25-32-30-15-8-11-19-36(30)47-41(32)40(31)46/h3-25H,1-2H3. The summed E-state index contributed by atoms with van der Waals surface area (Å²) in [5.41, 5.74) is 11.2. The average molecular weight is 620 g/mol. The molecule has 10 rings (SSSR count). The lowest BCUT2D eigenvalue weighted by molar-refractivity contribution is 0.658. The molecule has 0 radical (unpaired) electrons. The van der Waals surface area contributed by atoms with Crippen molar-refractivity contribution in [1.82, 2.24) is 14.5 Å². The molecular formula is C43H29N3S. The molecule has 3 aromatic heterocycles. The van der Waals surface area contributed by atoms with Crippen LogP contribution in [0.4, 0.5) is 0 Å². The lowest BCUT2D eigenvalue weighted by Gasteiger charge is -2.23. The van der Waals surface area contributed by atoms with E-state index >= 15 is 0 Å². The summed E-state index contributed by atoms with van der Waals surface area (Å²) in [4.78, 5) is 10.6. The predicted molar refractivity (Wildman–Crippen MR) is 198 cm³/mol. The first-order valence-electron chi connectivity index (χ1n) is 16.1. The highest BCUT2D eigenvalue weighted by Gasteiger charge is 2.39. The Bertz CT molecular complexity index is 2700. The van der Waals surface area contributed by atoms with Crippen LogP contribution in [0.5, 0.6) is 0 Å². The van der Waals surface area contributed by atoms with E-state index in [9.17, 15) is 0 Å². The molecule has 0 fully saturated rings. The quantitative estimate of drug-likeness (QED) is 0.197. The molecule has 4 heteroatoms. The summed E-state index contributed by atoms with van der Waals surface area (Å²) in [6.07, 6.45) is 0. The first-order valence-corrected chi connectivity index (χ1v) is 16.9. The summed E-state index contributed by atoms with van der Waals surface area (Å²) in [6, 6.07) is 50.1. The molecular weight excluding hydrogens is 591 g/mol. The van der Waals surface area contributed by atoms with Gasteiger partial charge in [0.25, 0.3) is 0 Å². The number of nitrogens with zero attached hydrogens (tertiary/aromatic N) is 3. The molecule has 3 heterocycles. The molecule has 0 amide bonds. The van der Waals surface area contributed by atoms with Gasteiger partial charge in [-0.05, 0) is 42.0 Å². The van der Waals surface area contributed by atoms with Crippen LogP contribution in [0.1, 0.15) is 25.0 Å². The first kappa shape index (κ1) is 26.6. The second-order valence-corrected chi connectivity index (χ2v) is 14.0. The Labute approximate surface area is 276 Å². The highest BCUT2D eigenvalue weighted by Crippen LogP contribution is 2.51. The number of thiophene rings is 1. The van der Waals surface area contributed by atoms with Crippen molar-refractivity contribution in [2.45, 2.75) is 19.3 Å². The Morgan fingerprint density at radius 3 is 2.09 bits per heavy atom. The summed E-state index contributed by atoms with van der Waals surface area (Å²) >= 11 is 1.88. The molecule has 3 nitrogen and oxygen atoms in total. The fraction of sp³-hybridized carbons (Fsp3) is 0.0698. The zero-order valence-corrected chi connectivity index (χ0v) is 26.8. The van der Waals surface area contributed by atoms with Gasteiger partial charge in [-0.25, -0.2) is 9.97 Å². The molecule has 0 N–H and O–H groups in total. The summed E-state index contributed by atoms with van der Waals surface area (Å²) in [5.74, 6) is 0.746. The molecule has 0 saturated carbocycles. The highest BCUT2D eigenvalue weighted by molar-refractivity contribution is 7.26. The van der Waals surface area contributed by atoms with Crippen LogP contribution < -0.4 is 0 Å². The van der Waals surface area contributed by atoms with Gasteiger partial charge in [-0.15, -0.1) is 11.3 Å². The van der Waals surface area contributed by atoms with Crippen molar-refractivity contribution >= 4 is 53.3 Å². The molecule has 0 unspecified atom stereocenters. The summed E-state index contributed by atoms with van der Waals surface area (Å²) in [7, 11) is 0. The van der Waals surface area contributed by atoms with Gasteiger partial charge in [-0.2, -0.15) is 0 Å². The van der Waals surface area contributed by atoms with Crippen molar-refractivity contribution < 1.29 is 0 Å². The Kier molecular flexibility index (Phi) is 5.50. The van der Waals surface area contributed by atoms with E-state index in [1.807, 2.05) is 11.3 Å². The van der Waals surface area contributed by atoms with E-state index in [4.69, 9.17) is 9.97 Å². The van der Waals surface area contributed by atoms with Gasteiger partial charge in [0.05, 0.1) is 27.1 Å². The molecule has 0 aliphatic heterocycles. The van der Waals surface area contributed by atoms with Gasteiger partial charge in [0, 0.05) is 59.6 Å². The van der Waals surface area contributed by atoms with Gasteiger partial charge >= 0.3 is 0 Å². The van der Waals surface area contributed by atoms with Gasteiger partial charge < -0.3 is 4.57 Å². The minimum absolute atomic E-state index is 0.200. The third-order valence-electron chi connectivity index (χ3n) is 10.00. The van der Waals surface area contributed by atoms with Crippen LogP contribution in [0.15, 0.2) is 140 Å². The number of hydrogen-bond donors (Lipinski definition) is 0. The normalized spacial score (nSPS) is 13.5. The largest absolute Gasteiger partial charge is 0.308 e. The third kappa shape index (κ3) is 3.73. The molecule has 222 valence electrons. The van der Waals surface area contributed by atoms with Crippen LogP contribution in [0.25, 0.3) is 81.6 Å². The first-order chi connectivity index (χ1) is 23.1. The minimum Gasteiger partial charge on any atom is -0.308 e. The van der Waals surface area contributed by atoms with Crippen LogP contribution in [0.2, 0.25) is 0 Å². The SMILES string of the molecule is CC1(C)c2ccccc2-c2nc(-c3ccc(-n4c5ccccc5c5ccc6c7ccccc7sc6c54)cc3)nc(-c3ccccc3)c21. The number of fused-ring (bicyclic) bond motifs is 10. The topological polar surface area (TPSA) is 30.7 Å². The van der Waals surface area contributed by atoms with E-state index in [1.165, 1.54) is 58.7 Å². The smallest absolute Gasteiger partial charge is 0.160 e. The maximum atomic E-state index is 5.30. The maximum Gasteiger partial charge on any atom is 0.160 e. The van der Waals surface area contributed by atoms with Crippen LogP contribution in [0.3, 0.4) is 0 Å². The van der Waals surface area contributed by atoms with Gasteiger partial charge in [-0.3, -0.25) is 0 Å². The van der Waals surface area contributed by atoms with E-state index < -0.39 is 0 Å². The number of para-hydroxylation sites is 1. The van der Waals surface area contributed by atoms with Crippen molar-refractivity contribution in [3.8, 4) is 39.6 Å². The Morgan fingerprint density at radius 2 is 1.23 bits per heavy atom. The fourth-order valence-corrected chi connectivity index (χ4v) is 9.05. The number of rotatable bonds is 3. The van der Waals surface area contributed by atoms with E-state index in [1.54, 1.807) is 0 Å². The molecule has 47 heavy (non-hydrogen) atoms. The Morgan fingerprint density at radius 1 is 0.553 bits per heavy atom. The fourth-order valence-electron chi connectivity index (χ4n) is 7.81. The van der Waals surface area contributed by atoms with Crippen molar-refractivity contribution in [2.24, 2.45) is 0 Å². The van der Waals surface area contributed by atoms with Crippen molar-refractivity contribution in [3.63, 3.8) is 0 Å². The third-order valence-corrected chi connectivity index (χ3v) is 11.2. The Balaban J connectivity index is 1.19. The molecule has 0 bridgehead atoms. The molecule has 0 spiro atoms. The average Bonchev–Trinajstić information content (AvgIpc) is 3.74. The molecule has 0 saturated heterocycles. The summed E-state index contributed by atoms with van der Waals surface area (Å²) in [5, 5.41) is 5.16. The number of hydrogen-bond acceptors (Lipinski definition) is 3. The second-order valence-electron chi connectivity index (χ2n) is 13.0. The van der Waals surface area contributed by atoms with Gasteiger partial charge in [-0.1, -0.05) is 117 Å². The molecule has 0 atom stereocenters. The predicted octanol–water partition coefficient (Wildman–Crippen LogP) is 11.6. The lowest BCUT2D eigenvalue weighted by atomic mass is 9.81. The van der Waals surface area contributed by atoms with Gasteiger partial charge in [0.15, 0.2) is 5.82 Å². The maximum absolute atomic E-state index is 5.30. The van der Waals surface area contributed by atoms with Crippen LogP contribution in [0, 0.1) is 0 Å². The Hall–Kier alpha value is -5.58. The molecule has 1 aliphatic rings. The summed E-state index contributed by atoms with van der Waals surface area (Å²) < 4.78 is 5.07. The van der Waals surface area contributed by atoms with Gasteiger partial charge in [0.2, 0.25) is 0 Å². The number of benzene rings is 6. The van der Waals surface area contributed by atoms with Crippen molar-refractivity contribution in [2.75, 3.05) is 0 Å². The van der Waals surface area contributed by atoms with Gasteiger partial charge in [0.1, 0.15) is 0 Å². The molecule has 1 aliphatic carbocycles. The van der Waals surface area contributed by atoms with Crippen molar-refractivity contribution in [3.05, 3.63) is 151 Å². The molecule has 9 aromatic rings. The molecule has 6 aromatic carbocycles. The van der Waals surface area contributed by atoms with Crippen LogP contribution in [-0.4, -0.2) is 14.5 Å². The second kappa shape index (κ2) is 9.71. The number of aromatic nitrogens is 3. The zero-order chi connectivity index (χ0) is 31.3. The monoisotopic (exact) mass is 619 g/mol. The van der Waals surface area contributed by atoms with E-state index in [0.29, 0.717) is 0 Å². The van der Waals surface area contributed by atoms with Crippen LogP contribution in [-0.2, 0) is 5.41 Å². The van der Waals surface area contributed by atoms with Crippen LogP contribution >= 0.6 is 11.3 Å². The van der Waals surface area contributed by atoms with E-state index in [2.05, 4.69) is 158 Å². The van der Waals surface area contributed by atoms with E-state index in [-0.39, 0.29) is 5.41 Å². The minimum atomic E-state index is -0.200. The van der Waals surface area contributed by atoms with E-state index in [0.717, 1.165) is 34.0 Å². The highest BCUT2D eigenvalue weighted by atomic mass is 32.1. The lowest BCUT2D eigenvalue weighted by Crippen LogP contribution is -2.17. The summed E-state index contributed by atoms with van der Waals surface area (Å²) in [6.45, 7) is 4.59. The van der Waals surface area contributed by atoms with Crippen molar-refractivity contribution in [1.29, 1.82) is 0 Å².